The highest BCUT2D eigenvalue weighted by Gasteiger charge is 2.19. The van der Waals surface area contributed by atoms with Crippen molar-refractivity contribution in [3.8, 4) is 11.3 Å². The summed E-state index contributed by atoms with van der Waals surface area (Å²) in [6.07, 6.45) is 4.08. The molecule has 1 aromatic carbocycles. The molecule has 100 valence electrons. The Labute approximate surface area is 117 Å². The number of rotatable bonds is 2. The lowest BCUT2D eigenvalue weighted by molar-refractivity contribution is 0.765. The van der Waals surface area contributed by atoms with Gasteiger partial charge in [0.2, 0.25) is 0 Å². The fourth-order valence-electron chi connectivity index (χ4n) is 2.95. The Balaban J connectivity index is 1.97. The Morgan fingerprint density at radius 1 is 1.10 bits per heavy atom. The van der Waals surface area contributed by atoms with Crippen LogP contribution < -0.4 is 0 Å². The largest absolute Gasteiger partial charge is 0.197 e. The van der Waals surface area contributed by atoms with Gasteiger partial charge in [-0.1, -0.05) is 31.2 Å². The van der Waals surface area contributed by atoms with Gasteiger partial charge in [0.15, 0.2) is 11.5 Å². The third kappa shape index (κ3) is 1.64. The van der Waals surface area contributed by atoms with Crippen molar-refractivity contribution in [3.63, 3.8) is 0 Å². The molecule has 0 aliphatic heterocycles. The molecule has 1 aliphatic rings. The second kappa shape index (κ2) is 4.40. The maximum Gasteiger partial charge on any atom is 0.178 e. The van der Waals surface area contributed by atoms with Gasteiger partial charge in [-0.15, -0.1) is 10.2 Å². The average Bonchev–Trinajstić information content (AvgIpc) is 2.88. The van der Waals surface area contributed by atoms with Crippen molar-refractivity contribution in [1.29, 1.82) is 0 Å². The monoisotopic (exact) mass is 264 g/mol. The van der Waals surface area contributed by atoms with E-state index in [0.29, 0.717) is 0 Å². The number of fused-ring (bicyclic) bond motifs is 4. The maximum atomic E-state index is 4.83. The van der Waals surface area contributed by atoms with Crippen molar-refractivity contribution in [2.45, 2.75) is 32.6 Å². The van der Waals surface area contributed by atoms with Crippen molar-refractivity contribution in [2.75, 3.05) is 0 Å². The molecule has 0 radical (unpaired) electrons. The lowest BCUT2D eigenvalue weighted by atomic mass is 9.89. The molecule has 0 amide bonds. The molecule has 0 saturated carbocycles. The van der Waals surface area contributed by atoms with Crippen molar-refractivity contribution in [3.05, 3.63) is 47.3 Å². The first-order valence-corrected chi connectivity index (χ1v) is 7.19. The van der Waals surface area contributed by atoms with Gasteiger partial charge in [-0.25, -0.2) is 0 Å². The van der Waals surface area contributed by atoms with Crippen LogP contribution in [0.1, 0.15) is 30.3 Å². The number of hydrogen-bond donors (Lipinski definition) is 0. The van der Waals surface area contributed by atoms with E-state index in [1.54, 1.807) is 0 Å². The summed E-state index contributed by atoms with van der Waals surface area (Å²) in [4.78, 5) is 0. The van der Waals surface area contributed by atoms with Crippen LogP contribution in [0.25, 0.3) is 16.9 Å². The van der Waals surface area contributed by atoms with Gasteiger partial charge in [-0.2, -0.15) is 9.61 Å². The van der Waals surface area contributed by atoms with Crippen LogP contribution in [-0.4, -0.2) is 19.8 Å². The highest BCUT2D eigenvalue weighted by Crippen LogP contribution is 2.31. The van der Waals surface area contributed by atoms with Crippen LogP contribution in [0.5, 0.6) is 0 Å². The fraction of sp³-hybridized carbons (Fsp3) is 0.312. The molecule has 2 aromatic heterocycles. The van der Waals surface area contributed by atoms with Crippen molar-refractivity contribution < 1.29 is 0 Å². The van der Waals surface area contributed by atoms with E-state index >= 15 is 0 Å². The Bertz CT molecular complexity index is 788. The van der Waals surface area contributed by atoms with E-state index in [4.69, 9.17) is 5.10 Å². The fourth-order valence-corrected chi connectivity index (χ4v) is 2.95. The van der Waals surface area contributed by atoms with E-state index in [9.17, 15) is 0 Å². The molecule has 0 unspecified atom stereocenters. The van der Waals surface area contributed by atoms with Gasteiger partial charge < -0.3 is 0 Å². The molecule has 4 rings (SSSR count). The molecule has 2 heterocycles. The van der Waals surface area contributed by atoms with Crippen LogP contribution in [0.4, 0.5) is 0 Å². The minimum atomic E-state index is 0.867. The van der Waals surface area contributed by atoms with Gasteiger partial charge in [0.1, 0.15) is 0 Å². The number of hydrogen-bond acceptors (Lipinski definition) is 3. The van der Waals surface area contributed by atoms with Gasteiger partial charge in [0.25, 0.3) is 0 Å². The van der Waals surface area contributed by atoms with E-state index in [1.807, 2.05) is 4.52 Å². The minimum Gasteiger partial charge on any atom is -0.197 e. The van der Waals surface area contributed by atoms with Crippen molar-refractivity contribution in [1.82, 2.24) is 19.8 Å². The van der Waals surface area contributed by atoms with Crippen molar-refractivity contribution in [2.24, 2.45) is 0 Å². The lowest BCUT2D eigenvalue weighted by Gasteiger charge is -2.18. The van der Waals surface area contributed by atoms with Crippen LogP contribution in [0, 0.1) is 0 Å². The topological polar surface area (TPSA) is 43.1 Å². The molecule has 0 atom stereocenters. The zero-order chi connectivity index (χ0) is 13.5. The highest BCUT2D eigenvalue weighted by atomic mass is 15.4. The summed E-state index contributed by atoms with van der Waals surface area (Å²) in [6.45, 7) is 2.15. The van der Waals surface area contributed by atoms with Crippen LogP contribution in [0.3, 0.4) is 0 Å². The van der Waals surface area contributed by atoms with Crippen LogP contribution >= 0.6 is 0 Å². The molecule has 1 aliphatic carbocycles. The molecule has 4 heteroatoms. The van der Waals surface area contributed by atoms with E-state index in [0.717, 1.165) is 42.8 Å². The third-order valence-electron chi connectivity index (χ3n) is 3.95. The zero-order valence-electron chi connectivity index (χ0n) is 11.5. The Morgan fingerprint density at radius 2 is 1.95 bits per heavy atom. The van der Waals surface area contributed by atoms with E-state index in [-0.39, 0.29) is 0 Å². The van der Waals surface area contributed by atoms with Crippen LogP contribution in [0.2, 0.25) is 0 Å². The number of aryl methyl sites for hydroxylation is 3. The molecule has 0 spiro atoms. The molecule has 0 bridgehead atoms. The molecule has 20 heavy (non-hydrogen) atoms. The van der Waals surface area contributed by atoms with Gasteiger partial charge in [0.05, 0.1) is 5.69 Å². The Kier molecular flexibility index (Phi) is 2.55. The molecule has 4 nitrogen and oxygen atoms in total. The Hall–Kier alpha value is -2.23. The van der Waals surface area contributed by atoms with E-state index in [2.05, 4.69) is 47.5 Å². The summed E-state index contributed by atoms with van der Waals surface area (Å²) in [5.74, 6) is 0.952. The standard InChI is InChI=1S/C16H16N4/c1-2-5-14-17-18-15-10-12-9-8-11-6-3-4-7-13(11)16(12)19-20(14)15/h3-4,6-7,10H,2,5,8-9H2,1H3. The van der Waals surface area contributed by atoms with Crippen LogP contribution in [-0.2, 0) is 19.3 Å². The zero-order valence-corrected chi connectivity index (χ0v) is 11.5. The second-order valence-electron chi connectivity index (χ2n) is 5.31. The summed E-state index contributed by atoms with van der Waals surface area (Å²) in [5, 5.41) is 13.3. The Morgan fingerprint density at radius 3 is 2.85 bits per heavy atom. The highest BCUT2D eigenvalue weighted by molar-refractivity contribution is 5.70. The summed E-state index contributed by atoms with van der Waals surface area (Å²) in [5.41, 5.74) is 5.89. The number of nitrogens with zero attached hydrogens (tertiary/aromatic N) is 4. The summed E-state index contributed by atoms with van der Waals surface area (Å²) < 4.78 is 1.91. The average molecular weight is 264 g/mol. The first kappa shape index (κ1) is 11.6. The molecule has 0 N–H and O–H groups in total. The first-order chi connectivity index (χ1) is 9.86. The smallest absolute Gasteiger partial charge is 0.178 e. The lowest BCUT2D eigenvalue weighted by Crippen LogP contribution is -2.09. The van der Waals surface area contributed by atoms with Crippen LogP contribution in [0.15, 0.2) is 30.3 Å². The predicted octanol–water partition coefficient (Wildman–Crippen LogP) is 2.84. The predicted molar refractivity (Wildman–Crippen MR) is 77.6 cm³/mol. The molecular formula is C16H16N4. The first-order valence-electron chi connectivity index (χ1n) is 7.19. The van der Waals surface area contributed by atoms with Gasteiger partial charge in [-0.05, 0) is 36.5 Å². The van der Waals surface area contributed by atoms with Gasteiger partial charge >= 0.3 is 0 Å². The molecule has 0 saturated heterocycles. The SMILES string of the molecule is CCCc1nnc2cc3c(nn12)-c1ccccc1CC3. The third-order valence-corrected chi connectivity index (χ3v) is 3.95. The van der Waals surface area contributed by atoms with Crippen molar-refractivity contribution >= 4 is 5.65 Å². The summed E-state index contributed by atoms with van der Waals surface area (Å²) >= 11 is 0. The molecular weight excluding hydrogens is 248 g/mol. The normalized spacial score (nSPS) is 13.2. The molecule has 0 fully saturated rings. The second-order valence-corrected chi connectivity index (χ2v) is 5.31. The number of aromatic nitrogens is 4. The summed E-state index contributed by atoms with van der Waals surface area (Å²) in [6, 6.07) is 10.7. The number of benzene rings is 1. The maximum absolute atomic E-state index is 4.83. The van der Waals surface area contributed by atoms with Gasteiger partial charge in [0, 0.05) is 12.0 Å². The quantitative estimate of drug-likeness (QED) is 0.715. The minimum absolute atomic E-state index is 0.867. The van der Waals surface area contributed by atoms with Gasteiger partial charge in [-0.3, -0.25) is 0 Å². The van der Waals surface area contributed by atoms with E-state index in [1.165, 1.54) is 16.7 Å². The molecule has 3 aromatic rings. The van der Waals surface area contributed by atoms with E-state index < -0.39 is 0 Å². The summed E-state index contributed by atoms with van der Waals surface area (Å²) in [7, 11) is 0.